The maximum atomic E-state index is 12.3. The first-order chi connectivity index (χ1) is 10.1. The predicted molar refractivity (Wildman–Crippen MR) is 86.4 cm³/mol. The molecule has 0 aromatic carbocycles. The summed E-state index contributed by atoms with van der Waals surface area (Å²) in [4.78, 5) is 17.5. The highest BCUT2D eigenvalue weighted by Crippen LogP contribution is 2.41. The smallest absolute Gasteiger partial charge is 0.316 e. The van der Waals surface area contributed by atoms with Crippen LogP contribution in [-0.2, 0) is 9.53 Å². The molecule has 0 fully saturated rings. The number of hydrogen-bond acceptors (Lipinski definition) is 6. The van der Waals surface area contributed by atoms with Gasteiger partial charge in [0.2, 0.25) is 0 Å². The van der Waals surface area contributed by atoms with Gasteiger partial charge in [0.1, 0.15) is 17.6 Å². The van der Waals surface area contributed by atoms with Gasteiger partial charge in [0.15, 0.2) is 0 Å². The van der Waals surface area contributed by atoms with Crippen molar-refractivity contribution >= 4 is 35.6 Å². The molecule has 21 heavy (non-hydrogen) atoms. The molecule has 0 radical (unpaired) electrons. The molecule has 0 aliphatic carbocycles. The predicted octanol–water partition coefficient (Wildman–Crippen LogP) is 3.32. The maximum absolute atomic E-state index is 12.3. The molecule has 1 aliphatic rings. The second kappa shape index (κ2) is 6.74. The van der Waals surface area contributed by atoms with E-state index >= 15 is 0 Å². The number of rotatable bonds is 4. The van der Waals surface area contributed by atoms with Crippen molar-refractivity contribution < 1.29 is 9.53 Å². The fraction of sp³-hybridized carbons (Fsp3) is 0.267. The van der Waals surface area contributed by atoms with Gasteiger partial charge in [0.05, 0.1) is 11.6 Å². The standard InChI is InChI=1S/C15H14N2O2S2/c1-3-6-19-15(18)12-9(2)17-14(20)10(8-16)13(12)11-5-4-7-21-11/h3-5,7,12-13,20H,1,6H2,2H3/t12?,13-/m0/s1. The second-order valence-corrected chi connectivity index (χ2v) is 5.89. The molecule has 0 saturated heterocycles. The Balaban J connectivity index is 2.47. The van der Waals surface area contributed by atoms with Gasteiger partial charge in [-0.3, -0.25) is 4.79 Å². The molecule has 0 N–H and O–H groups in total. The third kappa shape index (κ3) is 3.09. The lowest BCUT2D eigenvalue weighted by Gasteiger charge is -2.28. The molecule has 0 bridgehead atoms. The molecule has 4 nitrogen and oxygen atoms in total. The number of allylic oxidation sites excluding steroid dienone is 1. The monoisotopic (exact) mass is 318 g/mol. The van der Waals surface area contributed by atoms with Crippen LogP contribution in [0.4, 0.5) is 0 Å². The quantitative estimate of drug-likeness (QED) is 0.526. The van der Waals surface area contributed by atoms with Gasteiger partial charge in [0, 0.05) is 16.5 Å². The number of aliphatic imine (C=N–C) groups is 1. The Kier molecular flexibility index (Phi) is 4.99. The molecule has 2 atom stereocenters. The summed E-state index contributed by atoms with van der Waals surface area (Å²) in [6.45, 7) is 5.42. The van der Waals surface area contributed by atoms with Gasteiger partial charge >= 0.3 is 5.97 Å². The molecule has 1 unspecified atom stereocenters. The summed E-state index contributed by atoms with van der Waals surface area (Å²) in [5, 5.41) is 11.7. The zero-order valence-corrected chi connectivity index (χ0v) is 13.2. The Hall–Kier alpha value is -1.84. The van der Waals surface area contributed by atoms with E-state index in [4.69, 9.17) is 4.74 Å². The summed E-state index contributed by atoms with van der Waals surface area (Å²) in [5.41, 5.74) is 0.999. The van der Waals surface area contributed by atoms with E-state index in [0.717, 1.165) is 4.88 Å². The van der Waals surface area contributed by atoms with Crippen LogP contribution in [0.3, 0.4) is 0 Å². The Morgan fingerprint density at radius 1 is 1.71 bits per heavy atom. The van der Waals surface area contributed by atoms with E-state index in [1.807, 2.05) is 17.5 Å². The van der Waals surface area contributed by atoms with Gasteiger partial charge in [-0.1, -0.05) is 18.7 Å². The van der Waals surface area contributed by atoms with Crippen molar-refractivity contribution in [3.8, 4) is 6.07 Å². The minimum absolute atomic E-state index is 0.138. The fourth-order valence-electron chi connectivity index (χ4n) is 2.28. The number of thiol groups is 1. The summed E-state index contributed by atoms with van der Waals surface area (Å²) < 4.78 is 5.17. The molecular formula is C15H14N2O2S2. The van der Waals surface area contributed by atoms with Crippen molar-refractivity contribution in [2.75, 3.05) is 6.61 Å². The van der Waals surface area contributed by atoms with Crippen LogP contribution in [0.2, 0.25) is 0 Å². The van der Waals surface area contributed by atoms with E-state index in [-0.39, 0.29) is 6.61 Å². The van der Waals surface area contributed by atoms with Crippen LogP contribution in [0, 0.1) is 17.2 Å². The zero-order chi connectivity index (χ0) is 15.4. The number of nitriles is 1. The zero-order valence-electron chi connectivity index (χ0n) is 11.4. The van der Waals surface area contributed by atoms with Crippen molar-refractivity contribution in [2.45, 2.75) is 12.8 Å². The van der Waals surface area contributed by atoms with E-state index in [2.05, 4.69) is 30.3 Å². The number of carbonyl (C=O) groups is 1. The molecule has 1 aromatic rings. The van der Waals surface area contributed by atoms with E-state index in [9.17, 15) is 10.1 Å². The summed E-state index contributed by atoms with van der Waals surface area (Å²) in [7, 11) is 0. The minimum Gasteiger partial charge on any atom is -0.461 e. The second-order valence-electron chi connectivity index (χ2n) is 4.49. The fourth-order valence-corrected chi connectivity index (χ4v) is 3.49. The van der Waals surface area contributed by atoms with Crippen LogP contribution < -0.4 is 0 Å². The van der Waals surface area contributed by atoms with Crippen LogP contribution in [0.15, 0.2) is 45.8 Å². The largest absolute Gasteiger partial charge is 0.461 e. The maximum Gasteiger partial charge on any atom is 0.316 e. The summed E-state index contributed by atoms with van der Waals surface area (Å²) in [6.07, 6.45) is 1.51. The van der Waals surface area contributed by atoms with Crippen LogP contribution in [0.25, 0.3) is 0 Å². The summed E-state index contributed by atoms with van der Waals surface area (Å²) >= 11 is 5.77. The van der Waals surface area contributed by atoms with E-state index < -0.39 is 17.8 Å². The van der Waals surface area contributed by atoms with Crippen molar-refractivity contribution in [1.82, 2.24) is 0 Å². The van der Waals surface area contributed by atoms with Gasteiger partial charge in [-0.25, -0.2) is 4.99 Å². The number of esters is 1. The van der Waals surface area contributed by atoms with Gasteiger partial charge in [-0.05, 0) is 18.4 Å². The highest BCUT2D eigenvalue weighted by atomic mass is 32.1. The molecule has 0 saturated carbocycles. The summed E-state index contributed by atoms with van der Waals surface area (Å²) in [6, 6.07) is 5.92. The Morgan fingerprint density at radius 3 is 3.05 bits per heavy atom. The van der Waals surface area contributed by atoms with Gasteiger partial charge in [-0.2, -0.15) is 5.26 Å². The lowest BCUT2D eigenvalue weighted by atomic mass is 9.81. The SMILES string of the molecule is C=CCOC(=O)C1C(C)=NC(S)=C(C#N)[C@H]1c1cccs1. The first-order valence-corrected chi connectivity index (χ1v) is 7.62. The Morgan fingerprint density at radius 2 is 2.48 bits per heavy atom. The minimum atomic E-state index is -0.603. The van der Waals surface area contributed by atoms with Crippen LogP contribution >= 0.6 is 24.0 Å². The Labute approximate surface area is 132 Å². The molecule has 108 valence electrons. The van der Waals surface area contributed by atoms with Crippen molar-refractivity contribution in [3.05, 3.63) is 45.6 Å². The number of ether oxygens (including phenoxy) is 1. The first kappa shape index (κ1) is 15.5. The lowest BCUT2D eigenvalue weighted by Crippen LogP contribution is -2.33. The average Bonchev–Trinajstić information content (AvgIpc) is 2.97. The first-order valence-electron chi connectivity index (χ1n) is 6.29. The average molecular weight is 318 g/mol. The highest BCUT2D eigenvalue weighted by molar-refractivity contribution is 7.84. The molecule has 2 rings (SSSR count). The molecule has 1 aromatic heterocycles. The van der Waals surface area contributed by atoms with E-state index in [1.165, 1.54) is 17.4 Å². The van der Waals surface area contributed by atoms with Gasteiger partial charge < -0.3 is 4.74 Å². The van der Waals surface area contributed by atoms with E-state index in [1.54, 1.807) is 6.92 Å². The third-order valence-electron chi connectivity index (χ3n) is 3.19. The van der Waals surface area contributed by atoms with Crippen LogP contribution in [0.5, 0.6) is 0 Å². The van der Waals surface area contributed by atoms with Crippen molar-refractivity contribution in [2.24, 2.45) is 10.9 Å². The lowest BCUT2D eigenvalue weighted by molar-refractivity contribution is -0.145. The van der Waals surface area contributed by atoms with Crippen LogP contribution in [-0.4, -0.2) is 18.3 Å². The van der Waals surface area contributed by atoms with Crippen molar-refractivity contribution in [1.29, 1.82) is 5.26 Å². The number of nitrogens with zero attached hydrogens (tertiary/aromatic N) is 2. The van der Waals surface area contributed by atoms with Gasteiger partial charge in [0.25, 0.3) is 0 Å². The number of thiophene rings is 1. The molecule has 2 heterocycles. The molecule has 1 aliphatic heterocycles. The van der Waals surface area contributed by atoms with E-state index in [0.29, 0.717) is 16.3 Å². The third-order valence-corrected chi connectivity index (χ3v) is 4.48. The van der Waals surface area contributed by atoms with Gasteiger partial charge in [-0.15, -0.1) is 24.0 Å². The normalized spacial score (nSPS) is 21.5. The Bertz CT molecular complexity index is 654. The highest BCUT2D eigenvalue weighted by Gasteiger charge is 2.40. The summed E-state index contributed by atoms with van der Waals surface area (Å²) in [5.74, 6) is -1.39. The molecule has 6 heteroatoms. The van der Waals surface area contributed by atoms with Crippen molar-refractivity contribution in [3.63, 3.8) is 0 Å². The molecule has 0 amide bonds. The van der Waals surface area contributed by atoms with Crippen LogP contribution in [0.1, 0.15) is 17.7 Å². The number of carbonyl (C=O) groups excluding carboxylic acids is 1. The number of hydrogen-bond donors (Lipinski definition) is 1. The topological polar surface area (TPSA) is 62.4 Å². The molecule has 0 spiro atoms. The molecular weight excluding hydrogens is 304 g/mol.